The first-order chi connectivity index (χ1) is 11.1. The molecule has 0 N–H and O–H groups in total. The lowest BCUT2D eigenvalue weighted by Crippen LogP contribution is -2.14. The summed E-state index contributed by atoms with van der Waals surface area (Å²) in [6, 6.07) is 20.6. The zero-order valence-electron chi connectivity index (χ0n) is 11.8. The summed E-state index contributed by atoms with van der Waals surface area (Å²) in [4.78, 5) is 0. The van der Waals surface area contributed by atoms with Gasteiger partial charge in [-0.15, -0.1) is 0 Å². The van der Waals surface area contributed by atoms with Gasteiger partial charge >= 0.3 is 0 Å². The molecule has 2 aromatic carbocycles. The zero-order chi connectivity index (χ0) is 16.7. The van der Waals surface area contributed by atoms with Gasteiger partial charge in [0.05, 0.1) is 18.2 Å². The van der Waals surface area contributed by atoms with E-state index in [-0.39, 0.29) is 0 Å². The molecule has 0 bridgehead atoms. The van der Waals surface area contributed by atoms with Crippen molar-refractivity contribution < 1.29 is 0 Å². The van der Waals surface area contributed by atoms with Gasteiger partial charge in [-0.2, -0.15) is 15.8 Å². The van der Waals surface area contributed by atoms with Crippen molar-refractivity contribution in [3.8, 4) is 18.2 Å². The molecule has 110 valence electrons. The molecule has 2 atom stereocenters. The molecule has 0 radical (unpaired) electrons. The van der Waals surface area contributed by atoms with Gasteiger partial charge in [-0.3, -0.25) is 0 Å². The minimum Gasteiger partial charge on any atom is -0.197 e. The lowest BCUT2D eigenvalue weighted by molar-refractivity contribution is 0.742. The van der Waals surface area contributed by atoms with E-state index in [0.29, 0.717) is 10.6 Å². The van der Waals surface area contributed by atoms with Crippen LogP contribution in [0.2, 0.25) is 5.02 Å². The van der Waals surface area contributed by atoms with E-state index in [1.807, 2.05) is 24.3 Å². The SMILES string of the molecule is N#CC1(C#N)[C@H](c2ccccc2Br)[C@@]1(C#N)c1ccc(Cl)cc1. The average Bonchev–Trinajstić information content (AvgIpc) is 3.19. The highest BCUT2D eigenvalue weighted by Crippen LogP contribution is 2.74. The summed E-state index contributed by atoms with van der Waals surface area (Å²) >= 11 is 9.38. The summed E-state index contributed by atoms with van der Waals surface area (Å²) in [5.74, 6) is -0.522. The number of nitriles is 3. The summed E-state index contributed by atoms with van der Waals surface area (Å²) in [6.07, 6.45) is 0. The second-order valence-electron chi connectivity index (χ2n) is 5.41. The van der Waals surface area contributed by atoms with Crippen molar-refractivity contribution in [1.82, 2.24) is 0 Å². The van der Waals surface area contributed by atoms with Gasteiger partial charge in [-0.05, 0) is 29.3 Å². The molecule has 0 saturated heterocycles. The molecule has 1 saturated carbocycles. The summed E-state index contributed by atoms with van der Waals surface area (Å²) < 4.78 is 0.783. The number of benzene rings is 2. The molecule has 1 fully saturated rings. The first-order valence-electron chi connectivity index (χ1n) is 6.81. The van der Waals surface area contributed by atoms with Crippen LogP contribution in [-0.4, -0.2) is 0 Å². The molecule has 0 spiro atoms. The van der Waals surface area contributed by atoms with Gasteiger partial charge in [-0.1, -0.05) is 57.9 Å². The molecular weight excluding hydrogens is 374 g/mol. The second-order valence-corrected chi connectivity index (χ2v) is 6.70. The summed E-state index contributed by atoms with van der Waals surface area (Å²) in [6.45, 7) is 0. The fraction of sp³-hybridized carbons (Fsp3) is 0.167. The summed E-state index contributed by atoms with van der Waals surface area (Å²) in [7, 11) is 0. The second kappa shape index (κ2) is 5.39. The monoisotopic (exact) mass is 381 g/mol. The Morgan fingerprint density at radius 1 is 0.913 bits per heavy atom. The van der Waals surface area contributed by atoms with E-state index in [4.69, 9.17) is 11.6 Å². The normalized spacial score (nSPS) is 24.0. The highest BCUT2D eigenvalue weighted by molar-refractivity contribution is 9.10. The van der Waals surface area contributed by atoms with Crippen molar-refractivity contribution >= 4 is 27.5 Å². The van der Waals surface area contributed by atoms with E-state index in [9.17, 15) is 15.8 Å². The molecule has 2 aromatic rings. The topological polar surface area (TPSA) is 71.4 Å². The van der Waals surface area contributed by atoms with Gasteiger partial charge in [0.2, 0.25) is 0 Å². The van der Waals surface area contributed by atoms with E-state index in [1.54, 1.807) is 24.3 Å². The number of hydrogen-bond donors (Lipinski definition) is 0. The molecule has 0 heterocycles. The van der Waals surface area contributed by atoms with Crippen LogP contribution in [0.4, 0.5) is 0 Å². The van der Waals surface area contributed by atoms with E-state index in [2.05, 4.69) is 34.1 Å². The van der Waals surface area contributed by atoms with E-state index < -0.39 is 16.7 Å². The minimum absolute atomic E-state index is 0.522. The Labute approximate surface area is 147 Å². The Kier molecular flexibility index (Phi) is 3.65. The largest absolute Gasteiger partial charge is 0.197 e. The van der Waals surface area contributed by atoms with Gasteiger partial charge in [0.25, 0.3) is 0 Å². The van der Waals surface area contributed by atoms with Crippen molar-refractivity contribution in [1.29, 1.82) is 15.8 Å². The summed E-state index contributed by atoms with van der Waals surface area (Å²) in [5, 5.41) is 29.8. The molecule has 1 aliphatic carbocycles. The Balaban J connectivity index is 2.26. The standard InChI is InChI=1S/C18H9BrClN3/c19-15-4-2-1-3-14(15)16-17(9-21,10-22)18(16,11-23)12-5-7-13(20)8-6-12/h1-8,16H/t16-,18+/m0/s1. The van der Waals surface area contributed by atoms with Crippen LogP contribution in [0.3, 0.4) is 0 Å². The number of rotatable bonds is 2. The molecule has 3 nitrogen and oxygen atoms in total. The molecule has 0 unspecified atom stereocenters. The molecule has 0 amide bonds. The number of hydrogen-bond acceptors (Lipinski definition) is 3. The van der Waals surface area contributed by atoms with Gasteiger partial charge in [-0.25, -0.2) is 0 Å². The Hall–Kier alpha value is -2.32. The maximum Gasteiger partial charge on any atom is 0.175 e. The van der Waals surface area contributed by atoms with E-state index in [1.165, 1.54) is 0 Å². The van der Waals surface area contributed by atoms with Crippen LogP contribution in [0, 0.1) is 39.4 Å². The number of halogens is 2. The van der Waals surface area contributed by atoms with Crippen LogP contribution in [0.1, 0.15) is 17.0 Å². The zero-order valence-corrected chi connectivity index (χ0v) is 14.1. The molecule has 0 aliphatic heterocycles. The van der Waals surface area contributed by atoms with Crippen molar-refractivity contribution in [2.45, 2.75) is 11.3 Å². The molecule has 1 aliphatic rings. The molecular formula is C18H9BrClN3. The lowest BCUT2D eigenvalue weighted by atomic mass is 9.88. The van der Waals surface area contributed by atoms with Gasteiger partial charge in [0, 0.05) is 15.4 Å². The van der Waals surface area contributed by atoms with Crippen molar-refractivity contribution in [2.24, 2.45) is 5.41 Å². The maximum atomic E-state index is 9.90. The fourth-order valence-electron chi connectivity index (χ4n) is 3.31. The smallest absolute Gasteiger partial charge is 0.175 e. The maximum absolute atomic E-state index is 9.90. The minimum atomic E-state index is -1.42. The number of nitrogens with zero attached hydrogens (tertiary/aromatic N) is 3. The molecule has 3 rings (SSSR count). The van der Waals surface area contributed by atoms with E-state index >= 15 is 0 Å². The Morgan fingerprint density at radius 2 is 1.52 bits per heavy atom. The van der Waals surface area contributed by atoms with Crippen molar-refractivity contribution in [3.63, 3.8) is 0 Å². The Morgan fingerprint density at radius 3 is 2.04 bits per heavy atom. The third-order valence-electron chi connectivity index (χ3n) is 4.45. The first kappa shape index (κ1) is 15.6. The van der Waals surface area contributed by atoms with Crippen LogP contribution < -0.4 is 0 Å². The van der Waals surface area contributed by atoms with Gasteiger partial charge in [0.1, 0.15) is 5.41 Å². The predicted molar refractivity (Wildman–Crippen MR) is 89.3 cm³/mol. The predicted octanol–water partition coefficient (Wildman–Crippen LogP) is 4.69. The van der Waals surface area contributed by atoms with Crippen LogP contribution in [-0.2, 0) is 5.41 Å². The van der Waals surface area contributed by atoms with Crippen LogP contribution >= 0.6 is 27.5 Å². The van der Waals surface area contributed by atoms with Crippen LogP contribution in [0.15, 0.2) is 53.0 Å². The molecule has 0 aromatic heterocycles. The molecule has 5 heteroatoms. The quantitative estimate of drug-likeness (QED) is 0.756. The van der Waals surface area contributed by atoms with Gasteiger partial charge < -0.3 is 0 Å². The third-order valence-corrected chi connectivity index (χ3v) is 5.42. The van der Waals surface area contributed by atoms with Crippen LogP contribution in [0.5, 0.6) is 0 Å². The Bertz CT molecular complexity index is 888. The van der Waals surface area contributed by atoms with Crippen molar-refractivity contribution in [3.05, 3.63) is 69.2 Å². The lowest BCUT2D eigenvalue weighted by Gasteiger charge is -2.10. The van der Waals surface area contributed by atoms with Crippen molar-refractivity contribution in [2.75, 3.05) is 0 Å². The highest BCUT2D eigenvalue weighted by atomic mass is 79.9. The van der Waals surface area contributed by atoms with Gasteiger partial charge in [0.15, 0.2) is 5.41 Å². The molecule has 23 heavy (non-hydrogen) atoms. The van der Waals surface area contributed by atoms with Crippen LogP contribution in [0.25, 0.3) is 0 Å². The third kappa shape index (κ3) is 1.91. The first-order valence-corrected chi connectivity index (χ1v) is 7.98. The summed E-state index contributed by atoms with van der Waals surface area (Å²) in [5.41, 5.74) is -1.20. The highest BCUT2D eigenvalue weighted by Gasteiger charge is 2.81. The fourth-order valence-corrected chi connectivity index (χ4v) is 3.94. The van der Waals surface area contributed by atoms with E-state index in [0.717, 1.165) is 10.0 Å². The average molecular weight is 383 g/mol.